The van der Waals surface area contributed by atoms with E-state index in [-0.39, 0.29) is 0 Å². The first kappa shape index (κ1) is 12.2. The van der Waals surface area contributed by atoms with E-state index in [1.54, 1.807) is 0 Å². The third-order valence-electron chi connectivity index (χ3n) is 3.87. The van der Waals surface area contributed by atoms with Crippen molar-refractivity contribution in [3.05, 3.63) is 34.7 Å². The zero-order valence-corrected chi connectivity index (χ0v) is 12.0. The number of rotatable bonds is 2. The van der Waals surface area contributed by atoms with Gasteiger partial charge in [-0.3, -0.25) is 4.90 Å². The van der Waals surface area contributed by atoms with Gasteiger partial charge in [-0.2, -0.15) is 0 Å². The zero-order valence-electron chi connectivity index (χ0n) is 11.1. The lowest BCUT2D eigenvalue weighted by atomic mass is 10.1. The predicted molar refractivity (Wildman–Crippen MR) is 79.3 cm³/mol. The van der Waals surface area contributed by atoms with E-state index < -0.39 is 0 Å². The molecule has 1 aliphatic rings. The van der Waals surface area contributed by atoms with Crippen molar-refractivity contribution in [1.29, 1.82) is 0 Å². The van der Waals surface area contributed by atoms with Gasteiger partial charge in [0.1, 0.15) is 0 Å². The minimum Gasteiger partial charge on any atom is -0.304 e. The van der Waals surface area contributed by atoms with E-state index >= 15 is 0 Å². The maximum atomic E-state index is 2.57. The zero-order chi connectivity index (χ0) is 12.5. The maximum absolute atomic E-state index is 2.57. The smallest absolute Gasteiger partial charge is 0.0375 e. The lowest BCUT2D eigenvalue weighted by molar-refractivity contribution is 0.148. The van der Waals surface area contributed by atoms with Crippen LogP contribution >= 0.6 is 11.3 Å². The average Bonchev–Trinajstić information content (AvgIpc) is 2.77. The fourth-order valence-electron chi connectivity index (χ4n) is 2.62. The summed E-state index contributed by atoms with van der Waals surface area (Å²) in [5.41, 5.74) is 2.91. The van der Waals surface area contributed by atoms with Gasteiger partial charge in [0.15, 0.2) is 0 Å². The highest BCUT2D eigenvalue weighted by molar-refractivity contribution is 7.17. The number of piperazine rings is 1. The van der Waals surface area contributed by atoms with Crippen molar-refractivity contribution in [3.63, 3.8) is 0 Å². The Labute approximate surface area is 113 Å². The van der Waals surface area contributed by atoms with Gasteiger partial charge < -0.3 is 4.90 Å². The third-order valence-corrected chi connectivity index (χ3v) is 5.05. The molecule has 96 valence electrons. The van der Waals surface area contributed by atoms with E-state index in [1.165, 1.54) is 47.4 Å². The molecule has 1 fully saturated rings. The minimum atomic E-state index is 1.11. The number of aryl methyl sites for hydroxylation is 1. The van der Waals surface area contributed by atoms with Gasteiger partial charge in [0, 0.05) is 37.4 Å². The van der Waals surface area contributed by atoms with Crippen LogP contribution in [0.25, 0.3) is 10.1 Å². The molecule has 18 heavy (non-hydrogen) atoms. The van der Waals surface area contributed by atoms with Crippen molar-refractivity contribution in [1.82, 2.24) is 9.80 Å². The van der Waals surface area contributed by atoms with Crippen LogP contribution in [0, 0.1) is 6.92 Å². The second-order valence-corrected chi connectivity index (χ2v) is 6.17. The molecular weight excluding hydrogens is 240 g/mol. The molecular formula is C15H20N2S. The molecule has 0 saturated carbocycles. The molecule has 1 aromatic carbocycles. The molecule has 2 nitrogen and oxygen atoms in total. The van der Waals surface area contributed by atoms with E-state index in [0.717, 1.165) is 6.54 Å². The van der Waals surface area contributed by atoms with Crippen molar-refractivity contribution in [2.24, 2.45) is 0 Å². The van der Waals surface area contributed by atoms with Gasteiger partial charge in [-0.15, -0.1) is 11.3 Å². The van der Waals surface area contributed by atoms with Crippen LogP contribution in [0.5, 0.6) is 0 Å². The van der Waals surface area contributed by atoms with Crippen molar-refractivity contribution in [2.75, 3.05) is 33.2 Å². The van der Waals surface area contributed by atoms with Gasteiger partial charge in [-0.1, -0.05) is 18.2 Å². The van der Waals surface area contributed by atoms with Crippen molar-refractivity contribution in [2.45, 2.75) is 13.5 Å². The summed E-state index contributed by atoms with van der Waals surface area (Å²) in [7, 11) is 2.21. The first-order chi connectivity index (χ1) is 8.74. The summed E-state index contributed by atoms with van der Waals surface area (Å²) in [5.74, 6) is 0. The van der Waals surface area contributed by atoms with Crippen molar-refractivity contribution < 1.29 is 0 Å². The Morgan fingerprint density at radius 1 is 1.17 bits per heavy atom. The summed E-state index contributed by atoms with van der Waals surface area (Å²) in [5, 5.41) is 3.80. The molecule has 1 aliphatic heterocycles. The Morgan fingerprint density at radius 2 is 1.94 bits per heavy atom. The van der Waals surface area contributed by atoms with E-state index in [2.05, 4.69) is 47.4 Å². The molecule has 0 radical (unpaired) electrons. The first-order valence-electron chi connectivity index (χ1n) is 6.60. The standard InChI is InChI=1S/C15H20N2S/c1-12-4-3-5-14-13(11-18-15(12)14)10-17-8-6-16(2)7-9-17/h3-5,11H,6-10H2,1-2H3. The highest BCUT2D eigenvalue weighted by Crippen LogP contribution is 2.29. The van der Waals surface area contributed by atoms with E-state index in [0.29, 0.717) is 0 Å². The number of thiophene rings is 1. The molecule has 0 aliphatic carbocycles. The summed E-state index contributed by atoms with van der Waals surface area (Å²) in [6.07, 6.45) is 0. The van der Waals surface area contributed by atoms with Crippen LogP contribution in [-0.2, 0) is 6.54 Å². The number of hydrogen-bond acceptors (Lipinski definition) is 3. The van der Waals surface area contributed by atoms with E-state index in [4.69, 9.17) is 0 Å². The molecule has 3 rings (SSSR count). The largest absolute Gasteiger partial charge is 0.304 e. The van der Waals surface area contributed by atoms with Crippen molar-refractivity contribution in [3.8, 4) is 0 Å². The van der Waals surface area contributed by atoms with Gasteiger partial charge in [-0.25, -0.2) is 0 Å². The Balaban J connectivity index is 1.81. The van der Waals surface area contributed by atoms with E-state index in [1.807, 2.05) is 11.3 Å². The molecule has 1 saturated heterocycles. The number of hydrogen-bond donors (Lipinski definition) is 0. The quantitative estimate of drug-likeness (QED) is 0.819. The molecule has 0 spiro atoms. The average molecular weight is 260 g/mol. The fraction of sp³-hybridized carbons (Fsp3) is 0.467. The fourth-order valence-corrected chi connectivity index (χ4v) is 3.67. The summed E-state index contributed by atoms with van der Waals surface area (Å²) in [4.78, 5) is 4.98. The number of nitrogens with zero attached hydrogens (tertiary/aromatic N) is 2. The molecule has 2 heterocycles. The maximum Gasteiger partial charge on any atom is 0.0375 e. The van der Waals surface area contributed by atoms with Gasteiger partial charge in [0.25, 0.3) is 0 Å². The Hall–Kier alpha value is -0.900. The molecule has 0 atom stereocenters. The Kier molecular flexibility index (Phi) is 3.37. The number of likely N-dealkylation sites (N-methyl/N-ethyl adjacent to an activating group) is 1. The summed E-state index contributed by atoms with van der Waals surface area (Å²) in [6.45, 7) is 8.09. The van der Waals surface area contributed by atoms with Crippen LogP contribution in [0.1, 0.15) is 11.1 Å². The molecule has 1 aromatic heterocycles. The number of benzene rings is 1. The molecule has 2 aromatic rings. The topological polar surface area (TPSA) is 6.48 Å². The summed E-state index contributed by atoms with van der Waals surface area (Å²) >= 11 is 1.89. The molecule has 3 heteroatoms. The summed E-state index contributed by atoms with van der Waals surface area (Å²) in [6, 6.07) is 6.65. The highest BCUT2D eigenvalue weighted by Gasteiger charge is 2.15. The van der Waals surface area contributed by atoms with Gasteiger partial charge >= 0.3 is 0 Å². The normalized spacial score (nSPS) is 18.6. The van der Waals surface area contributed by atoms with Crippen LogP contribution in [-0.4, -0.2) is 43.0 Å². The van der Waals surface area contributed by atoms with Gasteiger partial charge in [0.2, 0.25) is 0 Å². The van der Waals surface area contributed by atoms with Crippen LogP contribution < -0.4 is 0 Å². The van der Waals surface area contributed by atoms with Gasteiger partial charge in [-0.05, 0) is 35.9 Å². The van der Waals surface area contributed by atoms with Crippen LogP contribution in [0.15, 0.2) is 23.6 Å². The molecule has 0 unspecified atom stereocenters. The van der Waals surface area contributed by atoms with E-state index in [9.17, 15) is 0 Å². The van der Waals surface area contributed by atoms with Crippen LogP contribution in [0.4, 0.5) is 0 Å². The van der Waals surface area contributed by atoms with Crippen LogP contribution in [0.3, 0.4) is 0 Å². The van der Waals surface area contributed by atoms with Crippen LogP contribution in [0.2, 0.25) is 0 Å². The Morgan fingerprint density at radius 3 is 2.72 bits per heavy atom. The van der Waals surface area contributed by atoms with Crippen molar-refractivity contribution >= 4 is 21.4 Å². The summed E-state index contributed by atoms with van der Waals surface area (Å²) < 4.78 is 1.46. The second-order valence-electron chi connectivity index (χ2n) is 5.29. The lowest BCUT2D eigenvalue weighted by Gasteiger charge is -2.32. The first-order valence-corrected chi connectivity index (χ1v) is 7.48. The monoisotopic (exact) mass is 260 g/mol. The lowest BCUT2D eigenvalue weighted by Crippen LogP contribution is -2.43. The SMILES string of the molecule is Cc1cccc2c(CN3CCN(C)CC3)csc12. The predicted octanol–water partition coefficient (Wildman–Crippen LogP) is 2.96. The Bertz CT molecular complexity index is 538. The minimum absolute atomic E-state index is 1.11. The highest BCUT2D eigenvalue weighted by atomic mass is 32.1. The molecule has 0 bridgehead atoms. The molecule has 0 N–H and O–H groups in total. The second kappa shape index (κ2) is 5.00. The van der Waals surface area contributed by atoms with Gasteiger partial charge in [0.05, 0.1) is 0 Å². The third kappa shape index (κ3) is 2.30. The molecule has 0 amide bonds. The number of fused-ring (bicyclic) bond motifs is 1.